The molecule has 3 heterocycles. The van der Waals surface area contributed by atoms with E-state index >= 15 is 0 Å². The van der Waals surface area contributed by atoms with Crippen molar-refractivity contribution in [3.05, 3.63) is 44.6 Å². The highest BCUT2D eigenvalue weighted by molar-refractivity contribution is 8.26. The summed E-state index contributed by atoms with van der Waals surface area (Å²) in [6, 6.07) is 2.05. The van der Waals surface area contributed by atoms with E-state index in [-0.39, 0.29) is 17.0 Å². The topological polar surface area (TPSA) is 69.3 Å². The van der Waals surface area contributed by atoms with Crippen molar-refractivity contribution in [1.29, 1.82) is 5.26 Å². The minimum Gasteiger partial charge on any atom is -0.357 e. The molecule has 0 saturated carbocycles. The van der Waals surface area contributed by atoms with Gasteiger partial charge in [-0.25, -0.2) is 0 Å². The zero-order valence-electron chi connectivity index (χ0n) is 16.0. The number of carbonyl (C=O) groups excluding carboxylic acids is 1. The van der Waals surface area contributed by atoms with Crippen molar-refractivity contribution in [2.24, 2.45) is 0 Å². The van der Waals surface area contributed by atoms with Crippen molar-refractivity contribution < 1.29 is 4.79 Å². The summed E-state index contributed by atoms with van der Waals surface area (Å²) < 4.78 is 2.13. The molecule has 2 aliphatic rings. The summed E-state index contributed by atoms with van der Waals surface area (Å²) in [5, 5.41) is 9.56. The highest BCUT2D eigenvalue weighted by Crippen LogP contribution is 2.36. The summed E-state index contributed by atoms with van der Waals surface area (Å²) in [7, 11) is 0. The number of rotatable bonds is 5. The van der Waals surface area contributed by atoms with Gasteiger partial charge in [0.05, 0.1) is 4.91 Å². The lowest BCUT2D eigenvalue weighted by Gasteiger charge is -2.26. The van der Waals surface area contributed by atoms with E-state index in [9.17, 15) is 14.9 Å². The molecule has 0 aromatic carbocycles. The van der Waals surface area contributed by atoms with Gasteiger partial charge in [0.15, 0.2) is 0 Å². The zero-order chi connectivity index (χ0) is 20.4. The van der Waals surface area contributed by atoms with Crippen LogP contribution in [0.15, 0.2) is 22.4 Å². The lowest BCUT2D eigenvalue weighted by Crippen LogP contribution is -2.32. The summed E-state index contributed by atoms with van der Waals surface area (Å²) in [5.74, 6) is 0.616. The zero-order valence-corrected chi connectivity index (χ0v) is 17.7. The fourth-order valence-electron chi connectivity index (χ4n) is 3.62. The quantitative estimate of drug-likeness (QED) is 0.419. The fraction of sp³-hybridized carbons (Fsp3) is 0.400. The Bertz CT molecular complexity index is 981. The van der Waals surface area contributed by atoms with E-state index in [0.29, 0.717) is 27.9 Å². The Kier molecular flexibility index (Phi) is 6.06. The molecule has 2 saturated heterocycles. The minimum atomic E-state index is -0.277. The van der Waals surface area contributed by atoms with Gasteiger partial charge < -0.3 is 4.90 Å². The maximum absolute atomic E-state index is 12.9. The van der Waals surface area contributed by atoms with Crippen LogP contribution in [-0.2, 0) is 11.3 Å². The lowest BCUT2D eigenvalue weighted by molar-refractivity contribution is -0.121. The number of aromatic nitrogens is 1. The molecule has 0 unspecified atom stereocenters. The molecule has 1 aromatic heterocycles. The Morgan fingerprint density at radius 2 is 2.00 bits per heavy atom. The normalized spacial score (nSPS) is 18.2. The molecule has 8 heteroatoms. The van der Waals surface area contributed by atoms with Gasteiger partial charge in [0.25, 0.3) is 11.5 Å². The number of thioether (sulfide) groups is 1. The number of pyridine rings is 1. The van der Waals surface area contributed by atoms with E-state index in [1.54, 1.807) is 23.6 Å². The first kappa shape index (κ1) is 20.4. The molecule has 0 spiro atoms. The third-order valence-corrected chi connectivity index (χ3v) is 6.41. The summed E-state index contributed by atoms with van der Waals surface area (Å²) >= 11 is 6.57. The molecule has 0 aliphatic carbocycles. The largest absolute Gasteiger partial charge is 0.357 e. The Balaban J connectivity index is 2.24. The van der Waals surface area contributed by atoms with Crippen molar-refractivity contribution >= 4 is 46.1 Å². The summed E-state index contributed by atoms with van der Waals surface area (Å²) in [5.41, 5.74) is 1.20. The van der Waals surface area contributed by atoms with E-state index in [1.807, 2.05) is 13.0 Å². The second-order valence-electron chi connectivity index (χ2n) is 6.67. The fourth-order valence-corrected chi connectivity index (χ4v) is 4.88. The van der Waals surface area contributed by atoms with Gasteiger partial charge in [-0.15, -0.1) is 6.58 Å². The van der Waals surface area contributed by atoms with Crippen molar-refractivity contribution in [1.82, 2.24) is 9.47 Å². The average molecular weight is 415 g/mol. The van der Waals surface area contributed by atoms with Gasteiger partial charge in [0.2, 0.25) is 0 Å². The second-order valence-corrected chi connectivity index (χ2v) is 8.35. The van der Waals surface area contributed by atoms with Crippen LogP contribution in [-0.4, -0.2) is 39.3 Å². The third-order valence-electron chi connectivity index (χ3n) is 5.03. The molecular formula is C20H22N4O2S2. The predicted molar refractivity (Wildman–Crippen MR) is 117 cm³/mol. The molecule has 2 fully saturated rings. The standard InChI is InChI=1S/C20H22N4O2S2/c1-4-8-24-19(26)16(28-20(24)27)11-14-13(3)15(12-21)18(25)23(5-2)17(14)22-9-6-7-10-22/h4,11H,1,5-10H2,2-3H3. The maximum atomic E-state index is 12.9. The number of hydrogen-bond donors (Lipinski definition) is 0. The number of anilines is 1. The predicted octanol–water partition coefficient (Wildman–Crippen LogP) is 3.04. The lowest BCUT2D eigenvalue weighted by atomic mass is 10.0. The van der Waals surface area contributed by atoms with Crippen LogP contribution in [0.5, 0.6) is 0 Å². The van der Waals surface area contributed by atoms with Crippen LogP contribution in [0.4, 0.5) is 5.82 Å². The Morgan fingerprint density at radius 1 is 1.32 bits per heavy atom. The van der Waals surface area contributed by atoms with E-state index in [1.165, 1.54) is 16.7 Å². The molecule has 2 aliphatic heterocycles. The number of hydrogen-bond acceptors (Lipinski definition) is 6. The van der Waals surface area contributed by atoms with Crippen LogP contribution in [0.3, 0.4) is 0 Å². The maximum Gasteiger partial charge on any atom is 0.270 e. The van der Waals surface area contributed by atoms with E-state index in [0.717, 1.165) is 37.3 Å². The number of nitriles is 1. The molecule has 6 nitrogen and oxygen atoms in total. The van der Waals surface area contributed by atoms with Gasteiger partial charge in [-0.1, -0.05) is 30.1 Å². The van der Waals surface area contributed by atoms with Gasteiger partial charge in [-0.2, -0.15) is 5.26 Å². The monoisotopic (exact) mass is 414 g/mol. The Hall–Kier alpha value is -2.37. The Morgan fingerprint density at radius 3 is 2.57 bits per heavy atom. The first-order chi connectivity index (χ1) is 13.4. The second kappa shape index (κ2) is 8.33. The van der Waals surface area contributed by atoms with Gasteiger partial charge in [0, 0.05) is 31.7 Å². The van der Waals surface area contributed by atoms with Crippen molar-refractivity contribution in [3.8, 4) is 6.07 Å². The van der Waals surface area contributed by atoms with Gasteiger partial charge >= 0.3 is 0 Å². The summed E-state index contributed by atoms with van der Waals surface area (Å²) in [6.07, 6.45) is 5.53. The van der Waals surface area contributed by atoms with E-state index in [4.69, 9.17) is 12.2 Å². The first-order valence-corrected chi connectivity index (χ1v) is 10.5. The van der Waals surface area contributed by atoms with Crippen LogP contribution in [0.2, 0.25) is 0 Å². The molecule has 3 rings (SSSR count). The highest BCUT2D eigenvalue weighted by Gasteiger charge is 2.32. The van der Waals surface area contributed by atoms with Crippen LogP contribution >= 0.6 is 24.0 Å². The van der Waals surface area contributed by atoms with Gasteiger partial charge in [-0.05, 0) is 38.3 Å². The Labute approximate surface area is 174 Å². The molecule has 1 aromatic rings. The smallest absolute Gasteiger partial charge is 0.270 e. The van der Waals surface area contributed by atoms with E-state index in [2.05, 4.69) is 11.5 Å². The average Bonchev–Trinajstić information content (AvgIpc) is 3.29. The molecule has 0 radical (unpaired) electrons. The molecule has 28 heavy (non-hydrogen) atoms. The SMILES string of the molecule is C=CCN1C(=O)C(=Cc2c(C)c(C#N)c(=O)n(CC)c2N2CCCC2)SC1=S. The van der Waals surface area contributed by atoms with Crippen LogP contribution in [0, 0.1) is 18.3 Å². The van der Waals surface area contributed by atoms with Crippen LogP contribution in [0.25, 0.3) is 6.08 Å². The molecule has 0 bridgehead atoms. The number of amides is 1. The highest BCUT2D eigenvalue weighted by atomic mass is 32.2. The van der Waals surface area contributed by atoms with Crippen LogP contribution in [0.1, 0.15) is 36.5 Å². The molecule has 0 atom stereocenters. The third kappa shape index (κ3) is 3.40. The van der Waals surface area contributed by atoms with Crippen molar-refractivity contribution in [2.75, 3.05) is 24.5 Å². The van der Waals surface area contributed by atoms with Crippen LogP contribution < -0.4 is 10.5 Å². The minimum absolute atomic E-state index is 0.123. The molecular weight excluding hydrogens is 392 g/mol. The molecule has 1 amide bonds. The number of nitrogens with zero attached hydrogens (tertiary/aromatic N) is 4. The first-order valence-electron chi connectivity index (χ1n) is 9.23. The molecule has 0 N–H and O–H groups in total. The molecule has 146 valence electrons. The summed E-state index contributed by atoms with van der Waals surface area (Å²) in [4.78, 5) is 29.8. The van der Waals surface area contributed by atoms with Crippen molar-refractivity contribution in [2.45, 2.75) is 33.2 Å². The van der Waals surface area contributed by atoms with Crippen molar-refractivity contribution in [3.63, 3.8) is 0 Å². The number of thiocarbonyl (C=S) groups is 1. The summed E-state index contributed by atoms with van der Waals surface area (Å²) in [6.45, 7) is 9.86. The van der Waals surface area contributed by atoms with Gasteiger partial charge in [0.1, 0.15) is 21.8 Å². The number of carbonyl (C=O) groups is 1. The van der Waals surface area contributed by atoms with E-state index < -0.39 is 0 Å². The van der Waals surface area contributed by atoms with Gasteiger partial charge in [-0.3, -0.25) is 19.1 Å².